The van der Waals surface area contributed by atoms with E-state index in [0.717, 1.165) is 18.7 Å². The molecule has 0 saturated heterocycles. The Labute approximate surface area is 73.2 Å². The van der Waals surface area contributed by atoms with E-state index in [4.69, 9.17) is 5.73 Å². The molecule has 0 radical (unpaired) electrons. The smallest absolute Gasteiger partial charge is 0.146 e. The van der Waals surface area contributed by atoms with Crippen molar-refractivity contribution >= 4 is 11.5 Å². The molecule has 66 valence electrons. The van der Waals surface area contributed by atoms with Gasteiger partial charge < -0.3 is 10.6 Å². The fourth-order valence-electron chi connectivity index (χ4n) is 1.19. The van der Waals surface area contributed by atoms with Gasteiger partial charge in [-0.1, -0.05) is 6.92 Å². The Kier molecular flexibility index (Phi) is 2.91. The SMILES string of the molecule is CCCN(C)c1cccnc1N. The zero-order chi connectivity index (χ0) is 8.97. The molecule has 1 aromatic rings. The van der Waals surface area contributed by atoms with Crippen molar-refractivity contribution in [2.45, 2.75) is 13.3 Å². The molecule has 0 saturated carbocycles. The van der Waals surface area contributed by atoms with Crippen LogP contribution in [0.5, 0.6) is 0 Å². The van der Waals surface area contributed by atoms with Crippen molar-refractivity contribution in [1.82, 2.24) is 4.98 Å². The maximum absolute atomic E-state index is 5.70. The normalized spacial score (nSPS) is 9.83. The summed E-state index contributed by atoms with van der Waals surface area (Å²) in [5, 5.41) is 0. The maximum atomic E-state index is 5.70. The number of pyridine rings is 1. The fourth-order valence-corrected chi connectivity index (χ4v) is 1.19. The van der Waals surface area contributed by atoms with Crippen LogP contribution in [0.4, 0.5) is 11.5 Å². The first-order chi connectivity index (χ1) is 5.75. The number of hydrogen-bond donors (Lipinski definition) is 1. The topological polar surface area (TPSA) is 42.2 Å². The summed E-state index contributed by atoms with van der Waals surface area (Å²) in [6.07, 6.45) is 2.82. The highest BCUT2D eigenvalue weighted by Gasteiger charge is 2.02. The molecule has 1 heterocycles. The van der Waals surface area contributed by atoms with Gasteiger partial charge in [-0.15, -0.1) is 0 Å². The molecule has 0 bridgehead atoms. The first kappa shape index (κ1) is 8.84. The lowest BCUT2D eigenvalue weighted by Crippen LogP contribution is -2.19. The first-order valence-electron chi connectivity index (χ1n) is 4.17. The van der Waals surface area contributed by atoms with Gasteiger partial charge in [0.15, 0.2) is 0 Å². The lowest BCUT2D eigenvalue weighted by molar-refractivity contribution is 0.851. The average Bonchev–Trinajstić information content (AvgIpc) is 2.05. The van der Waals surface area contributed by atoms with Gasteiger partial charge in [0, 0.05) is 19.8 Å². The van der Waals surface area contributed by atoms with Gasteiger partial charge in [-0.2, -0.15) is 0 Å². The summed E-state index contributed by atoms with van der Waals surface area (Å²) >= 11 is 0. The van der Waals surface area contributed by atoms with E-state index in [1.807, 2.05) is 19.2 Å². The van der Waals surface area contributed by atoms with Crippen molar-refractivity contribution in [3.8, 4) is 0 Å². The monoisotopic (exact) mass is 165 g/mol. The zero-order valence-corrected chi connectivity index (χ0v) is 7.62. The Balaban J connectivity index is 2.79. The van der Waals surface area contributed by atoms with Crippen LogP contribution in [0.25, 0.3) is 0 Å². The first-order valence-corrected chi connectivity index (χ1v) is 4.17. The maximum Gasteiger partial charge on any atom is 0.146 e. The van der Waals surface area contributed by atoms with Gasteiger partial charge in [-0.25, -0.2) is 4.98 Å². The minimum atomic E-state index is 0.605. The molecule has 0 aliphatic heterocycles. The minimum Gasteiger partial charge on any atom is -0.382 e. The van der Waals surface area contributed by atoms with Crippen molar-refractivity contribution in [1.29, 1.82) is 0 Å². The van der Waals surface area contributed by atoms with E-state index in [2.05, 4.69) is 16.8 Å². The second-order valence-electron chi connectivity index (χ2n) is 2.83. The van der Waals surface area contributed by atoms with Crippen LogP contribution in [-0.4, -0.2) is 18.6 Å². The minimum absolute atomic E-state index is 0.605. The van der Waals surface area contributed by atoms with E-state index < -0.39 is 0 Å². The van der Waals surface area contributed by atoms with Crippen molar-refractivity contribution in [2.24, 2.45) is 0 Å². The highest BCUT2D eigenvalue weighted by atomic mass is 15.1. The molecule has 0 fully saturated rings. The Morgan fingerprint density at radius 3 is 2.92 bits per heavy atom. The van der Waals surface area contributed by atoms with Crippen LogP contribution in [0.15, 0.2) is 18.3 Å². The molecule has 0 amide bonds. The van der Waals surface area contributed by atoms with E-state index in [0.29, 0.717) is 5.82 Å². The van der Waals surface area contributed by atoms with Crippen molar-refractivity contribution < 1.29 is 0 Å². The number of nitrogens with zero attached hydrogens (tertiary/aromatic N) is 2. The molecule has 0 aromatic carbocycles. The van der Waals surface area contributed by atoms with Crippen LogP contribution in [0.2, 0.25) is 0 Å². The molecule has 0 unspecified atom stereocenters. The quantitative estimate of drug-likeness (QED) is 0.738. The summed E-state index contributed by atoms with van der Waals surface area (Å²) in [5.74, 6) is 0.605. The van der Waals surface area contributed by atoms with Gasteiger partial charge in [-0.3, -0.25) is 0 Å². The van der Waals surface area contributed by atoms with Gasteiger partial charge in [0.05, 0.1) is 5.69 Å². The van der Waals surface area contributed by atoms with Crippen LogP contribution < -0.4 is 10.6 Å². The molecule has 0 spiro atoms. The third kappa shape index (κ3) is 1.87. The highest BCUT2D eigenvalue weighted by Crippen LogP contribution is 2.17. The summed E-state index contributed by atoms with van der Waals surface area (Å²) in [6.45, 7) is 3.15. The second kappa shape index (κ2) is 3.95. The molecule has 0 aliphatic rings. The van der Waals surface area contributed by atoms with E-state index in [1.165, 1.54) is 0 Å². The second-order valence-corrected chi connectivity index (χ2v) is 2.83. The molecule has 2 N–H and O–H groups in total. The number of hydrogen-bond acceptors (Lipinski definition) is 3. The molecule has 3 heteroatoms. The third-order valence-electron chi connectivity index (χ3n) is 1.79. The largest absolute Gasteiger partial charge is 0.382 e. The van der Waals surface area contributed by atoms with Gasteiger partial charge >= 0.3 is 0 Å². The van der Waals surface area contributed by atoms with Crippen molar-refractivity contribution in [2.75, 3.05) is 24.2 Å². The number of nitrogen functional groups attached to an aromatic ring is 1. The van der Waals surface area contributed by atoms with Crippen LogP contribution in [0.1, 0.15) is 13.3 Å². The third-order valence-corrected chi connectivity index (χ3v) is 1.79. The van der Waals surface area contributed by atoms with Gasteiger partial charge in [0.2, 0.25) is 0 Å². The summed E-state index contributed by atoms with van der Waals surface area (Å²) in [5.41, 5.74) is 6.71. The molecular formula is C9H15N3. The number of rotatable bonds is 3. The Morgan fingerprint density at radius 1 is 1.58 bits per heavy atom. The lowest BCUT2D eigenvalue weighted by Gasteiger charge is -2.18. The van der Waals surface area contributed by atoms with Crippen molar-refractivity contribution in [3.63, 3.8) is 0 Å². The molecule has 0 aliphatic carbocycles. The predicted octanol–water partition coefficient (Wildman–Crippen LogP) is 1.51. The summed E-state index contributed by atoms with van der Waals surface area (Å²) in [6, 6.07) is 3.88. The Bertz CT molecular complexity index is 247. The average molecular weight is 165 g/mol. The Hall–Kier alpha value is -1.25. The molecular weight excluding hydrogens is 150 g/mol. The molecule has 3 nitrogen and oxygen atoms in total. The van der Waals surface area contributed by atoms with Crippen LogP contribution in [0.3, 0.4) is 0 Å². The van der Waals surface area contributed by atoms with E-state index in [9.17, 15) is 0 Å². The van der Waals surface area contributed by atoms with E-state index in [-0.39, 0.29) is 0 Å². The van der Waals surface area contributed by atoms with E-state index in [1.54, 1.807) is 6.20 Å². The highest BCUT2D eigenvalue weighted by molar-refractivity contribution is 5.62. The Morgan fingerprint density at radius 2 is 2.33 bits per heavy atom. The van der Waals surface area contributed by atoms with Crippen LogP contribution in [0, 0.1) is 0 Å². The van der Waals surface area contributed by atoms with Crippen LogP contribution in [-0.2, 0) is 0 Å². The zero-order valence-electron chi connectivity index (χ0n) is 7.62. The summed E-state index contributed by atoms with van der Waals surface area (Å²) < 4.78 is 0. The van der Waals surface area contributed by atoms with Crippen LogP contribution >= 0.6 is 0 Å². The standard InChI is InChI=1S/C9H15N3/c1-3-7-12(2)8-5-4-6-11-9(8)10/h4-6H,3,7H2,1-2H3,(H2,10,11). The molecule has 1 aromatic heterocycles. The summed E-state index contributed by atoms with van der Waals surface area (Å²) in [7, 11) is 2.02. The van der Waals surface area contributed by atoms with Gasteiger partial charge in [0.25, 0.3) is 0 Å². The lowest BCUT2D eigenvalue weighted by atomic mass is 10.3. The number of aromatic nitrogens is 1. The van der Waals surface area contributed by atoms with Crippen molar-refractivity contribution in [3.05, 3.63) is 18.3 Å². The number of anilines is 2. The van der Waals surface area contributed by atoms with Gasteiger partial charge in [-0.05, 0) is 18.6 Å². The predicted molar refractivity (Wildman–Crippen MR) is 52.2 cm³/mol. The molecule has 1 rings (SSSR count). The van der Waals surface area contributed by atoms with E-state index >= 15 is 0 Å². The molecule has 0 atom stereocenters. The number of nitrogens with two attached hydrogens (primary N) is 1. The fraction of sp³-hybridized carbons (Fsp3) is 0.444. The molecule has 12 heavy (non-hydrogen) atoms. The summed E-state index contributed by atoms with van der Waals surface area (Å²) in [4.78, 5) is 6.13. The van der Waals surface area contributed by atoms with Gasteiger partial charge in [0.1, 0.15) is 5.82 Å².